The van der Waals surface area contributed by atoms with Gasteiger partial charge in [-0.2, -0.15) is 0 Å². The fraction of sp³-hybridized carbons (Fsp3) is 0.571. The monoisotopic (exact) mass is 269 g/mol. The first-order valence-electron chi connectivity index (χ1n) is 6.24. The van der Waals surface area contributed by atoms with Crippen molar-refractivity contribution in [3.05, 3.63) is 22.2 Å². The minimum absolute atomic E-state index is 0.313. The summed E-state index contributed by atoms with van der Waals surface area (Å²) in [5.41, 5.74) is 8.19. The Morgan fingerprint density at radius 3 is 2.22 bits per heavy atom. The average molecular weight is 270 g/mol. The van der Waals surface area contributed by atoms with Crippen LogP contribution < -0.4 is 15.2 Å². The molecule has 0 heterocycles. The molecule has 0 aromatic heterocycles. The number of hydrogen-bond acceptors (Lipinski definition) is 3. The predicted molar refractivity (Wildman–Crippen MR) is 73.6 cm³/mol. The van der Waals surface area contributed by atoms with Crippen molar-refractivity contribution in [1.82, 2.24) is 0 Å². The lowest BCUT2D eigenvalue weighted by molar-refractivity contribution is 0.369. The number of hydrogen-bond donors (Lipinski definition) is 1. The van der Waals surface area contributed by atoms with Gasteiger partial charge >= 0.3 is 0 Å². The van der Waals surface area contributed by atoms with Crippen molar-refractivity contribution in [3.8, 4) is 11.5 Å². The smallest absolute Gasteiger partial charge is 0.146 e. The van der Waals surface area contributed by atoms with Crippen molar-refractivity contribution in [2.75, 3.05) is 14.2 Å². The lowest BCUT2D eigenvalue weighted by Gasteiger charge is -2.28. The molecule has 1 aromatic carbocycles. The number of halogens is 1. The van der Waals surface area contributed by atoms with Crippen LogP contribution in [0.3, 0.4) is 0 Å². The number of aryl methyl sites for hydroxylation is 1. The standard InChI is InChI=1S/C14H20ClNO2/c1-9-8-10(14(16)6-4-5-7-14)13(18-3)11(15)12(9)17-2/h8H,4-7,16H2,1-3H3. The maximum Gasteiger partial charge on any atom is 0.146 e. The van der Waals surface area contributed by atoms with Gasteiger partial charge in [-0.15, -0.1) is 0 Å². The zero-order valence-electron chi connectivity index (χ0n) is 11.2. The highest BCUT2D eigenvalue weighted by Crippen LogP contribution is 2.47. The summed E-state index contributed by atoms with van der Waals surface area (Å²) < 4.78 is 10.8. The molecule has 4 heteroatoms. The van der Waals surface area contributed by atoms with E-state index in [9.17, 15) is 0 Å². The Labute approximate surface area is 113 Å². The number of methoxy groups -OCH3 is 2. The molecule has 0 unspecified atom stereocenters. The molecule has 0 bridgehead atoms. The molecule has 1 aromatic rings. The first-order chi connectivity index (χ1) is 8.53. The summed E-state index contributed by atoms with van der Waals surface area (Å²) in [6, 6.07) is 2.05. The summed E-state index contributed by atoms with van der Waals surface area (Å²) in [4.78, 5) is 0. The van der Waals surface area contributed by atoms with Gasteiger partial charge in [0.1, 0.15) is 16.5 Å². The van der Waals surface area contributed by atoms with Crippen molar-refractivity contribution < 1.29 is 9.47 Å². The molecule has 100 valence electrons. The highest BCUT2D eigenvalue weighted by Gasteiger charge is 2.35. The maximum atomic E-state index is 6.51. The molecular formula is C14H20ClNO2. The first-order valence-corrected chi connectivity index (χ1v) is 6.61. The molecule has 0 radical (unpaired) electrons. The lowest BCUT2D eigenvalue weighted by Crippen LogP contribution is -2.33. The second kappa shape index (κ2) is 4.98. The zero-order valence-corrected chi connectivity index (χ0v) is 11.9. The van der Waals surface area contributed by atoms with Crippen LogP contribution in [-0.4, -0.2) is 14.2 Å². The van der Waals surface area contributed by atoms with Crippen LogP contribution in [0.5, 0.6) is 11.5 Å². The van der Waals surface area contributed by atoms with Gasteiger partial charge in [0.25, 0.3) is 0 Å². The van der Waals surface area contributed by atoms with E-state index in [-0.39, 0.29) is 5.54 Å². The van der Waals surface area contributed by atoms with Gasteiger partial charge in [-0.25, -0.2) is 0 Å². The van der Waals surface area contributed by atoms with Crippen LogP contribution in [0.1, 0.15) is 36.8 Å². The Balaban J connectivity index is 2.60. The second-order valence-corrected chi connectivity index (χ2v) is 5.36. The van der Waals surface area contributed by atoms with E-state index in [0.29, 0.717) is 16.5 Å². The van der Waals surface area contributed by atoms with Crippen LogP contribution in [0.25, 0.3) is 0 Å². The van der Waals surface area contributed by atoms with Crippen molar-refractivity contribution in [2.45, 2.75) is 38.1 Å². The summed E-state index contributed by atoms with van der Waals surface area (Å²) >= 11 is 6.35. The largest absolute Gasteiger partial charge is 0.495 e. The number of ether oxygens (including phenoxy) is 2. The summed E-state index contributed by atoms with van der Waals surface area (Å²) in [5.74, 6) is 1.32. The van der Waals surface area contributed by atoms with Crippen molar-refractivity contribution >= 4 is 11.6 Å². The molecule has 1 fully saturated rings. The van der Waals surface area contributed by atoms with Crippen LogP contribution in [0.4, 0.5) is 0 Å². The molecule has 2 rings (SSSR count). The molecule has 0 aliphatic heterocycles. The van der Waals surface area contributed by atoms with Gasteiger partial charge in [0.2, 0.25) is 0 Å². The Morgan fingerprint density at radius 1 is 1.17 bits per heavy atom. The van der Waals surface area contributed by atoms with Crippen LogP contribution in [0.2, 0.25) is 5.02 Å². The molecule has 18 heavy (non-hydrogen) atoms. The lowest BCUT2D eigenvalue weighted by atomic mass is 9.87. The third-order valence-electron chi connectivity index (χ3n) is 3.80. The van der Waals surface area contributed by atoms with Crippen LogP contribution in [-0.2, 0) is 5.54 Å². The van der Waals surface area contributed by atoms with E-state index in [1.54, 1.807) is 14.2 Å². The van der Waals surface area contributed by atoms with E-state index in [2.05, 4.69) is 6.07 Å². The van der Waals surface area contributed by atoms with Gasteiger partial charge in [0.15, 0.2) is 0 Å². The Hall–Kier alpha value is -0.930. The molecule has 0 spiro atoms. The van der Waals surface area contributed by atoms with Gasteiger partial charge in [-0.05, 0) is 31.4 Å². The topological polar surface area (TPSA) is 44.5 Å². The fourth-order valence-electron chi connectivity index (χ4n) is 2.84. The Bertz CT molecular complexity index is 454. The molecule has 1 saturated carbocycles. The Morgan fingerprint density at radius 2 is 1.72 bits per heavy atom. The van der Waals surface area contributed by atoms with E-state index in [1.165, 1.54) is 0 Å². The number of nitrogens with two attached hydrogens (primary N) is 1. The average Bonchev–Trinajstić information content (AvgIpc) is 2.77. The molecule has 3 nitrogen and oxygen atoms in total. The first kappa shape index (κ1) is 13.5. The summed E-state index contributed by atoms with van der Waals surface area (Å²) in [5, 5.41) is 0.520. The highest BCUT2D eigenvalue weighted by atomic mass is 35.5. The number of rotatable bonds is 3. The van der Waals surface area contributed by atoms with Gasteiger partial charge < -0.3 is 15.2 Å². The third-order valence-corrected chi connectivity index (χ3v) is 4.15. The van der Waals surface area contributed by atoms with Gasteiger partial charge in [0, 0.05) is 11.1 Å². The van der Waals surface area contributed by atoms with E-state index in [1.807, 2.05) is 6.92 Å². The summed E-state index contributed by atoms with van der Waals surface area (Å²) in [7, 11) is 3.24. The maximum absolute atomic E-state index is 6.51. The van der Waals surface area contributed by atoms with Crippen molar-refractivity contribution in [1.29, 1.82) is 0 Å². The van der Waals surface area contributed by atoms with Crippen molar-refractivity contribution in [2.24, 2.45) is 5.73 Å². The van der Waals surface area contributed by atoms with E-state index < -0.39 is 0 Å². The Kier molecular flexibility index (Phi) is 3.74. The zero-order chi connectivity index (χ0) is 13.3. The predicted octanol–water partition coefficient (Wildman–Crippen LogP) is 3.39. The molecule has 1 aliphatic rings. The fourth-order valence-corrected chi connectivity index (χ4v) is 3.24. The van der Waals surface area contributed by atoms with Gasteiger partial charge in [-0.3, -0.25) is 0 Å². The minimum atomic E-state index is -0.313. The molecule has 1 aliphatic carbocycles. The molecule has 2 N–H and O–H groups in total. The molecular weight excluding hydrogens is 250 g/mol. The minimum Gasteiger partial charge on any atom is -0.495 e. The van der Waals surface area contributed by atoms with Crippen LogP contribution in [0, 0.1) is 6.92 Å². The molecule has 0 saturated heterocycles. The van der Waals surface area contributed by atoms with Crippen LogP contribution >= 0.6 is 11.6 Å². The molecule has 0 amide bonds. The third kappa shape index (κ3) is 2.06. The van der Waals surface area contributed by atoms with Crippen molar-refractivity contribution in [3.63, 3.8) is 0 Å². The van der Waals surface area contributed by atoms with Gasteiger partial charge in [0.05, 0.1) is 14.2 Å². The highest BCUT2D eigenvalue weighted by molar-refractivity contribution is 6.33. The van der Waals surface area contributed by atoms with E-state index in [0.717, 1.165) is 36.8 Å². The quantitative estimate of drug-likeness (QED) is 0.915. The van der Waals surface area contributed by atoms with Crippen LogP contribution in [0.15, 0.2) is 6.07 Å². The number of benzene rings is 1. The normalized spacial score (nSPS) is 17.8. The molecule has 0 atom stereocenters. The second-order valence-electron chi connectivity index (χ2n) is 4.98. The van der Waals surface area contributed by atoms with Gasteiger partial charge in [-0.1, -0.05) is 24.4 Å². The SMILES string of the molecule is COc1c(C)cc(C2(N)CCCC2)c(OC)c1Cl. The summed E-state index contributed by atoms with van der Waals surface area (Å²) in [6.45, 7) is 1.98. The summed E-state index contributed by atoms with van der Waals surface area (Å²) in [6.07, 6.45) is 4.27. The van der Waals surface area contributed by atoms with E-state index >= 15 is 0 Å². The van der Waals surface area contributed by atoms with E-state index in [4.69, 9.17) is 26.8 Å².